The highest BCUT2D eigenvalue weighted by Crippen LogP contribution is 2.42. The van der Waals surface area contributed by atoms with Crippen molar-refractivity contribution < 1.29 is 9.53 Å². The van der Waals surface area contributed by atoms with Gasteiger partial charge in [0.1, 0.15) is 0 Å². The first-order valence-electron chi connectivity index (χ1n) is 6.93. The maximum absolute atomic E-state index is 12.6. The van der Waals surface area contributed by atoms with E-state index in [1.54, 1.807) is 0 Å². The van der Waals surface area contributed by atoms with Crippen LogP contribution in [0.3, 0.4) is 0 Å². The van der Waals surface area contributed by atoms with Gasteiger partial charge in [0.25, 0.3) is 5.91 Å². The topological polar surface area (TPSA) is 29.5 Å². The summed E-state index contributed by atoms with van der Waals surface area (Å²) in [5.74, 6) is 0.0794. The summed E-state index contributed by atoms with van der Waals surface area (Å²) in [7, 11) is 0. The molecule has 2 aromatic rings. The van der Waals surface area contributed by atoms with Gasteiger partial charge < -0.3 is 9.64 Å². The molecule has 2 aliphatic rings. The second-order valence-corrected chi connectivity index (χ2v) is 5.26. The van der Waals surface area contributed by atoms with E-state index in [1.807, 2.05) is 47.4 Å². The van der Waals surface area contributed by atoms with Crippen molar-refractivity contribution in [1.29, 1.82) is 0 Å². The summed E-state index contributed by atoms with van der Waals surface area (Å²) in [5, 5.41) is 0. The van der Waals surface area contributed by atoms with Gasteiger partial charge in [0, 0.05) is 12.1 Å². The van der Waals surface area contributed by atoms with Gasteiger partial charge in [0.2, 0.25) is 0 Å². The number of carbonyl (C=O) groups excluding carboxylic acids is 1. The number of fused-ring (bicyclic) bond motifs is 3. The molecule has 1 saturated heterocycles. The quantitative estimate of drug-likeness (QED) is 0.793. The normalized spacial score (nSPS) is 24.4. The van der Waals surface area contributed by atoms with Crippen molar-refractivity contribution in [2.75, 3.05) is 6.54 Å². The summed E-state index contributed by atoms with van der Waals surface area (Å²) in [4.78, 5) is 14.4. The number of hydrogen-bond acceptors (Lipinski definition) is 2. The van der Waals surface area contributed by atoms with E-state index < -0.39 is 6.10 Å². The highest BCUT2D eigenvalue weighted by Gasteiger charge is 2.44. The number of nitrogens with zero attached hydrogens (tertiary/aromatic N) is 1. The van der Waals surface area contributed by atoms with Crippen LogP contribution in [0.25, 0.3) is 0 Å². The van der Waals surface area contributed by atoms with Crippen LogP contribution in [-0.2, 0) is 16.0 Å². The zero-order chi connectivity index (χ0) is 13.5. The second kappa shape index (κ2) is 4.46. The van der Waals surface area contributed by atoms with E-state index in [0.717, 1.165) is 24.1 Å². The van der Waals surface area contributed by atoms with Gasteiger partial charge in [-0.15, -0.1) is 0 Å². The molecule has 4 rings (SSSR count). The van der Waals surface area contributed by atoms with Crippen molar-refractivity contribution in [3.63, 3.8) is 0 Å². The number of ether oxygens (including phenoxy) is 1. The molecule has 20 heavy (non-hydrogen) atoms. The number of rotatable bonds is 1. The van der Waals surface area contributed by atoms with Gasteiger partial charge in [0.15, 0.2) is 12.3 Å². The Morgan fingerprint density at radius 2 is 1.75 bits per heavy atom. The van der Waals surface area contributed by atoms with Crippen molar-refractivity contribution in [2.24, 2.45) is 0 Å². The Morgan fingerprint density at radius 1 is 1.00 bits per heavy atom. The fourth-order valence-electron chi connectivity index (χ4n) is 3.09. The van der Waals surface area contributed by atoms with Crippen LogP contribution >= 0.6 is 0 Å². The highest BCUT2D eigenvalue weighted by atomic mass is 16.5. The van der Waals surface area contributed by atoms with Crippen molar-refractivity contribution in [2.45, 2.75) is 18.8 Å². The van der Waals surface area contributed by atoms with E-state index in [4.69, 9.17) is 4.74 Å². The van der Waals surface area contributed by atoms with Crippen molar-refractivity contribution in [3.05, 3.63) is 71.3 Å². The van der Waals surface area contributed by atoms with Gasteiger partial charge in [-0.05, 0) is 17.5 Å². The van der Waals surface area contributed by atoms with Crippen LogP contribution in [0, 0.1) is 0 Å². The molecule has 2 atom stereocenters. The third-order valence-electron chi connectivity index (χ3n) is 4.10. The minimum atomic E-state index is -0.465. The van der Waals surface area contributed by atoms with E-state index in [2.05, 4.69) is 12.1 Å². The highest BCUT2D eigenvalue weighted by molar-refractivity contribution is 5.84. The average Bonchev–Trinajstić information content (AvgIpc) is 2.86. The second-order valence-electron chi connectivity index (χ2n) is 5.26. The molecule has 0 aliphatic carbocycles. The van der Waals surface area contributed by atoms with Crippen LogP contribution in [0.15, 0.2) is 54.6 Å². The molecule has 0 saturated carbocycles. The Kier molecular flexibility index (Phi) is 2.60. The molecule has 2 aromatic carbocycles. The molecule has 2 aliphatic heterocycles. The lowest BCUT2D eigenvalue weighted by Gasteiger charge is -2.30. The zero-order valence-corrected chi connectivity index (χ0v) is 11.0. The molecule has 1 fully saturated rings. The first-order valence-corrected chi connectivity index (χ1v) is 6.93. The van der Waals surface area contributed by atoms with Gasteiger partial charge in [-0.25, -0.2) is 0 Å². The maximum Gasteiger partial charge on any atom is 0.258 e. The molecule has 1 amide bonds. The molecule has 3 nitrogen and oxygen atoms in total. The predicted octanol–water partition coefficient (Wildman–Crippen LogP) is 2.84. The van der Waals surface area contributed by atoms with Crippen LogP contribution in [0.2, 0.25) is 0 Å². The lowest BCUT2D eigenvalue weighted by molar-refractivity contribution is -0.130. The summed E-state index contributed by atoms with van der Waals surface area (Å²) in [5.41, 5.74) is 3.35. The van der Waals surface area contributed by atoms with Crippen LogP contribution in [0.1, 0.15) is 29.0 Å². The zero-order valence-electron chi connectivity index (χ0n) is 11.0. The fourth-order valence-corrected chi connectivity index (χ4v) is 3.09. The van der Waals surface area contributed by atoms with E-state index in [1.165, 1.54) is 5.56 Å². The molecule has 0 spiro atoms. The lowest BCUT2D eigenvalue weighted by Crippen LogP contribution is -2.35. The minimum Gasteiger partial charge on any atom is -0.336 e. The predicted molar refractivity (Wildman–Crippen MR) is 74.9 cm³/mol. The van der Waals surface area contributed by atoms with Gasteiger partial charge in [0.05, 0.1) is 0 Å². The number of amides is 1. The molecule has 0 radical (unpaired) electrons. The average molecular weight is 265 g/mol. The van der Waals surface area contributed by atoms with Crippen LogP contribution in [0.4, 0.5) is 0 Å². The fraction of sp³-hybridized carbons (Fsp3) is 0.235. The summed E-state index contributed by atoms with van der Waals surface area (Å²) < 4.78 is 6.07. The van der Waals surface area contributed by atoms with Gasteiger partial charge in [-0.2, -0.15) is 0 Å². The number of hydrogen-bond donors (Lipinski definition) is 0. The molecular weight excluding hydrogens is 250 g/mol. The Hall–Kier alpha value is -2.13. The number of carbonyl (C=O) groups is 1. The van der Waals surface area contributed by atoms with Crippen molar-refractivity contribution in [1.82, 2.24) is 4.90 Å². The first-order chi connectivity index (χ1) is 9.84. The van der Waals surface area contributed by atoms with E-state index >= 15 is 0 Å². The van der Waals surface area contributed by atoms with E-state index in [0.29, 0.717) is 0 Å². The largest absolute Gasteiger partial charge is 0.336 e. The summed E-state index contributed by atoms with van der Waals surface area (Å²) in [6.07, 6.45) is 0.216. The summed E-state index contributed by atoms with van der Waals surface area (Å²) in [6.45, 7) is 0.740. The summed E-state index contributed by atoms with van der Waals surface area (Å²) in [6, 6.07) is 18.0. The molecule has 0 N–H and O–H groups in total. The molecule has 100 valence electrons. The molecule has 2 heterocycles. The SMILES string of the molecule is O=C1[C@H](c2ccccc2)O[C@@H]2c3ccccc3CCN12. The molecule has 0 aromatic heterocycles. The Labute approximate surface area is 117 Å². The van der Waals surface area contributed by atoms with E-state index in [-0.39, 0.29) is 12.1 Å². The van der Waals surface area contributed by atoms with Crippen molar-refractivity contribution in [3.8, 4) is 0 Å². The van der Waals surface area contributed by atoms with Crippen LogP contribution < -0.4 is 0 Å². The lowest BCUT2D eigenvalue weighted by atomic mass is 9.98. The minimum absolute atomic E-state index is 0.0794. The smallest absolute Gasteiger partial charge is 0.258 e. The van der Waals surface area contributed by atoms with Crippen molar-refractivity contribution >= 4 is 5.91 Å². The molecule has 3 heteroatoms. The Bertz CT molecular complexity index is 653. The molecule has 0 unspecified atom stereocenters. The van der Waals surface area contributed by atoms with Gasteiger partial charge in [-0.3, -0.25) is 4.79 Å². The molecular formula is C17H15NO2. The van der Waals surface area contributed by atoms with Gasteiger partial charge >= 0.3 is 0 Å². The standard InChI is InChI=1S/C17H15NO2/c19-16-15(13-7-2-1-3-8-13)20-17-14-9-5-4-6-12(14)10-11-18(16)17/h1-9,15,17H,10-11H2/t15-,17+/m0/s1. The van der Waals surface area contributed by atoms with Gasteiger partial charge in [-0.1, -0.05) is 54.6 Å². The Balaban J connectivity index is 1.72. The third kappa shape index (κ3) is 1.67. The molecule has 0 bridgehead atoms. The van der Waals surface area contributed by atoms with E-state index in [9.17, 15) is 4.79 Å². The summed E-state index contributed by atoms with van der Waals surface area (Å²) >= 11 is 0. The Morgan fingerprint density at radius 3 is 2.60 bits per heavy atom. The maximum atomic E-state index is 12.6. The third-order valence-corrected chi connectivity index (χ3v) is 4.10. The van der Waals surface area contributed by atoms with Crippen LogP contribution in [0.5, 0.6) is 0 Å². The van der Waals surface area contributed by atoms with Crippen LogP contribution in [-0.4, -0.2) is 17.4 Å². The first kappa shape index (κ1) is 11.7. The number of benzene rings is 2. The monoisotopic (exact) mass is 265 g/mol.